The van der Waals surface area contributed by atoms with Crippen molar-refractivity contribution in [3.63, 3.8) is 0 Å². The summed E-state index contributed by atoms with van der Waals surface area (Å²) in [5.41, 5.74) is -1.28. The van der Waals surface area contributed by atoms with Gasteiger partial charge in [-0.3, -0.25) is 9.59 Å². The summed E-state index contributed by atoms with van der Waals surface area (Å²) in [4.78, 5) is 36.4. The summed E-state index contributed by atoms with van der Waals surface area (Å²) in [6, 6.07) is 4.78. The van der Waals surface area contributed by atoms with E-state index in [4.69, 9.17) is 0 Å². The number of ketones is 1. The van der Waals surface area contributed by atoms with E-state index in [1.807, 2.05) is 0 Å². The van der Waals surface area contributed by atoms with Crippen LogP contribution in [0.3, 0.4) is 0 Å². The van der Waals surface area contributed by atoms with Gasteiger partial charge in [-0.2, -0.15) is 0 Å². The van der Waals surface area contributed by atoms with Crippen molar-refractivity contribution in [2.24, 2.45) is 0 Å². The Labute approximate surface area is 123 Å². The molecule has 20 heavy (non-hydrogen) atoms. The zero-order valence-corrected chi connectivity index (χ0v) is 12.4. The maximum Gasteiger partial charge on any atom is 0.339 e. The molecule has 0 fully saturated rings. The van der Waals surface area contributed by atoms with Gasteiger partial charge < -0.3 is 14.7 Å². The standard InChI is InChI=1S/C13H12BrNO5/c1-13(19,12(18)20-2)6-15-9-4-3-7(14)5-8(9)10(16)11(15)17/h3-5,19H,6H2,1-2H3. The van der Waals surface area contributed by atoms with E-state index < -0.39 is 23.3 Å². The van der Waals surface area contributed by atoms with Crippen LogP contribution in [0.4, 0.5) is 5.69 Å². The predicted octanol–water partition coefficient (Wildman–Crippen LogP) is 0.902. The van der Waals surface area contributed by atoms with Crippen LogP contribution >= 0.6 is 15.9 Å². The zero-order valence-electron chi connectivity index (χ0n) is 10.8. The Morgan fingerprint density at radius 2 is 2.10 bits per heavy atom. The summed E-state index contributed by atoms with van der Waals surface area (Å²) < 4.78 is 5.14. The third-order valence-corrected chi connectivity index (χ3v) is 3.52. The number of esters is 1. The van der Waals surface area contributed by atoms with E-state index in [2.05, 4.69) is 20.7 Å². The van der Waals surface area contributed by atoms with Gasteiger partial charge in [0.15, 0.2) is 5.60 Å². The number of amides is 1. The summed E-state index contributed by atoms with van der Waals surface area (Å²) in [5, 5.41) is 10.0. The summed E-state index contributed by atoms with van der Waals surface area (Å²) in [6.07, 6.45) is 0. The molecule has 0 bridgehead atoms. The van der Waals surface area contributed by atoms with Gasteiger partial charge in [-0.1, -0.05) is 15.9 Å². The van der Waals surface area contributed by atoms with Crippen molar-refractivity contribution in [1.29, 1.82) is 0 Å². The molecule has 1 amide bonds. The first-order valence-electron chi connectivity index (χ1n) is 5.74. The second-order valence-electron chi connectivity index (χ2n) is 4.65. The van der Waals surface area contributed by atoms with Crippen molar-refractivity contribution in [2.75, 3.05) is 18.6 Å². The number of Topliss-reactive ketones (excluding diaryl/α,β-unsaturated/α-hetero) is 1. The number of benzene rings is 1. The van der Waals surface area contributed by atoms with Crippen LogP contribution in [0.2, 0.25) is 0 Å². The maximum atomic E-state index is 12.0. The number of β-amino-alcohol motifs (C(OH)–C–C–N with tert-alkyl or cyclic N) is 1. The van der Waals surface area contributed by atoms with E-state index in [1.54, 1.807) is 12.1 Å². The Bertz CT molecular complexity index is 611. The highest BCUT2D eigenvalue weighted by molar-refractivity contribution is 9.10. The fraction of sp³-hybridized carbons (Fsp3) is 0.308. The highest BCUT2D eigenvalue weighted by atomic mass is 79.9. The number of anilines is 1. The molecule has 0 spiro atoms. The van der Waals surface area contributed by atoms with Crippen LogP contribution in [0.1, 0.15) is 17.3 Å². The number of halogens is 1. The predicted molar refractivity (Wildman–Crippen MR) is 73.5 cm³/mol. The molecular formula is C13H12BrNO5. The number of methoxy groups -OCH3 is 1. The molecule has 0 radical (unpaired) electrons. The lowest BCUT2D eigenvalue weighted by molar-refractivity contribution is -0.159. The van der Waals surface area contributed by atoms with Gasteiger partial charge in [0, 0.05) is 4.47 Å². The van der Waals surface area contributed by atoms with Gasteiger partial charge in [-0.15, -0.1) is 0 Å². The smallest absolute Gasteiger partial charge is 0.339 e. The number of fused-ring (bicyclic) bond motifs is 1. The molecule has 2 rings (SSSR count). The molecule has 1 aliphatic heterocycles. The minimum Gasteiger partial charge on any atom is -0.467 e. The average Bonchev–Trinajstić information content (AvgIpc) is 2.62. The van der Waals surface area contributed by atoms with Crippen molar-refractivity contribution >= 4 is 39.3 Å². The van der Waals surface area contributed by atoms with Crippen LogP contribution in [0.15, 0.2) is 22.7 Å². The number of aliphatic hydroxyl groups is 1. The van der Waals surface area contributed by atoms with Crippen molar-refractivity contribution in [1.82, 2.24) is 0 Å². The molecule has 7 heteroatoms. The Balaban J connectivity index is 2.38. The Morgan fingerprint density at radius 3 is 2.70 bits per heavy atom. The first-order chi connectivity index (χ1) is 9.27. The van der Waals surface area contributed by atoms with Gasteiger partial charge in [0.05, 0.1) is 24.9 Å². The highest BCUT2D eigenvalue weighted by Gasteiger charge is 2.42. The van der Waals surface area contributed by atoms with Gasteiger partial charge in [0.25, 0.3) is 11.7 Å². The second kappa shape index (κ2) is 4.99. The fourth-order valence-electron chi connectivity index (χ4n) is 2.02. The summed E-state index contributed by atoms with van der Waals surface area (Å²) >= 11 is 3.22. The SMILES string of the molecule is COC(=O)C(C)(O)CN1C(=O)C(=O)c2cc(Br)ccc21. The normalized spacial score (nSPS) is 16.9. The summed E-state index contributed by atoms with van der Waals surface area (Å²) in [5.74, 6) is -2.31. The summed E-state index contributed by atoms with van der Waals surface area (Å²) in [6.45, 7) is 0.881. The molecule has 1 unspecified atom stereocenters. The largest absolute Gasteiger partial charge is 0.467 e. The topological polar surface area (TPSA) is 83.9 Å². The minimum absolute atomic E-state index is 0.241. The van der Waals surface area contributed by atoms with Crippen molar-refractivity contribution in [2.45, 2.75) is 12.5 Å². The zero-order chi connectivity index (χ0) is 15.1. The molecule has 0 saturated carbocycles. The van der Waals surface area contributed by atoms with Crippen molar-refractivity contribution in [3.8, 4) is 0 Å². The van der Waals surface area contributed by atoms with Gasteiger partial charge >= 0.3 is 5.97 Å². The van der Waals surface area contributed by atoms with E-state index in [0.717, 1.165) is 12.0 Å². The van der Waals surface area contributed by atoms with Crippen molar-refractivity contribution < 1.29 is 24.2 Å². The quantitative estimate of drug-likeness (QED) is 0.652. The molecule has 0 saturated heterocycles. The molecule has 6 nitrogen and oxygen atoms in total. The lowest BCUT2D eigenvalue weighted by Crippen LogP contribution is -2.49. The molecule has 106 valence electrons. The van der Waals surface area contributed by atoms with Crippen LogP contribution in [0, 0.1) is 0 Å². The van der Waals surface area contributed by atoms with Gasteiger partial charge in [-0.05, 0) is 25.1 Å². The molecule has 1 aromatic carbocycles. The lowest BCUT2D eigenvalue weighted by Gasteiger charge is -2.26. The Kier molecular flexibility index (Phi) is 3.66. The Morgan fingerprint density at radius 1 is 1.45 bits per heavy atom. The first-order valence-corrected chi connectivity index (χ1v) is 6.54. The molecule has 1 atom stereocenters. The van der Waals surface area contributed by atoms with Crippen LogP contribution in [-0.4, -0.2) is 42.0 Å². The van der Waals surface area contributed by atoms with Gasteiger partial charge in [-0.25, -0.2) is 4.79 Å². The molecule has 1 N–H and O–H groups in total. The van der Waals surface area contributed by atoms with E-state index in [9.17, 15) is 19.5 Å². The minimum atomic E-state index is -1.89. The molecule has 1 heterocycles. The number of carbonyl (C=O) groups excluding carboxylic acids is 3. The highest BCUT2D eigenvalue weighted by Crippen LogP contribution is 2.32. The monoisotopic (exact) mass is 341 g/mol. The number of rotatable bonds is 3. The third kappa shape index (κ3) is 2.34. The number of hydrogen-bond donors (Lipinski definition) is 1. The van der Waals surface area contributed by atoms with Crippen LogP contribution in [0.5, 0.6) is 0 Å². The number of ether oxygens (including phenoxy) is 1. The first kappa shape index (κ1) is 14.7. The van der Waals surface area contributed by atoms with Gasteiger partial charge in [0.2, 0.25) is 0 Å². The van der Waals surface area contributed by atoms with E-state index >= 15 is 0 Å². The van der Waals surface area contributed by atoms with E-state index in [1.165, 1.54) is 13.0 Å². The maximum absolute atomic E-state index is 12.0. The molecular weight excluding hydrogens is 330 g/mol. The lowest BCUT2D eigenvalue weighted by atomic mass is 10.1. The number of hydrogen-bond acceptors (Lipinski definition) is 5. The van der Waals surface area contributed by atoms with Crippen molar-refractivity contribution in [3.05, 3.63) is 28.2 Å². The molecule has 1 aliphatic rings. The Hall–Kier alpha value is -1.73. The summed E-state index contributed by atoms with van der Waals surface area (Å²) in [7, 11) is 1.14. The fourth-order valence-corrected chi connectivity index (χ4v) is 2.38. The van der Waals surface area contributed by atoms with Crippen LogP contribution < -0.4 is 4.90 Å². The second-order valence-corrected chi connectivity index (χ2v) is 5.56. The van der Waals surface area contributed by atoms with Crippen LogP contribution in [-0.2, 0) is 14.3 Å². The van der Waals surface area contributed by atoms with E-state index in [0.29, 0.717) is 10.2 Å². The number of carbonyl (C=O) groups is 3. The average molecular weight is 342 g/mol. The molecule has 0 aromatic heterocycles. The van der Waals surface area contributed by atoms with Gasteiger partial charge in [0.1, 0.15) is 0 Å². The van der Waals surface area contributed by atoms with Crippen LogP contribution in [0.25, 0.3) is 0 Å². The number of nitrogens with zero attached hydrogens (tertiary/aromatic N) is 1. The van der Waals surface area contributed by atoms with E-state index in [-0.39, 0.29) is 12.1 Å². The molecule has 1 aromatic rings. The molecule has 0 aliphatic carbocycles. The third-order valence-electron chi connectivity index (χ3n) is 3.02.